The molecule has 0 spiro atoms. The van der Waals surface area contributed by atoms with E-state index in [1.165, 1.54) is 0 Å². The van der Waals surface area contributed by atoms with E-state index >= 15 is 0 Å². The predicted octanol–water partition coefficient (Wildman–Crippen LogP) is 4.90. The van der Waals surface area contributed by atoms with Crippen molar-refractivity contribution >= 4 is 44.1 Å². The number of nitrogens with two attached hydrogens (primary N) is 1. The lowest BCUT2D eigenvalue weighted by molar-refractivity contribution is -0.126. The van der Waals surface area contributed by atoms with Crippen LogP contribution in [0.15, 0.2) is 97.1 Å². The number of carbonyl (C=O) groups excluding carboxylic acids is 2. The maximum Gasteiger partial charge on any atom is 0.240 e. The average molecular weight is 433 g/mol. The van der Waals surface area contributed by atoms with E-state index in [1.807, 2.05) is 78.9 Å². The van der Waals surface area contributed by atoms with Crippen LogP contribution in [0.2, 0.25) is 0 Å². The van der Waals surface area contributed by atoms with Gasteiger partial charge in [-0.2, -0.15) is 0 Å². The molecule has 0 radical (unpaired) electrons. The van der Waals surface area contributed by atoms with Gasteiger partial charge < -0.3 is 11.1 Å². The molecule has 4 nitrogen and oxygen atoms in total. The van der Waals surface area contributed by atoms with Gasteiger partial charge in [0.2, 0.25) is 11.8 Å². The molecule has 5 aromatic rings. The standard InChI is InChI=1S/C29H24N2O2/c30-29(33)27(31-28(32)16-19-13-14-20-7-1-2-8-21(20)15-19)18-26-24-11-5-3-9-22(24)17-23-10-4-6-12-25(23)26/h1-15,17,27H,16,18H2,(H2,30,33)(H,31,32)/t27-/m1/s1. The average Bonchev–Trinajstić information content (AvgIpc) is 2.83. The van der Waals surface area contributed by atoms with Crippen LogP contribution in [0, 0.1) is 0 Å². The lowest BCUT2D eigenvalue weighted by atomic mass is 9.92. The summed E-state index contributed by atoms with van der Waals surface area (Å²) in [5.74, 6) is -0.766. The van der Waals surface area contributed by atoms with Crippen LogP contribution in [-0.2, 0) is 22.4 Å². The number of nitrogens with one attached hydrogen (secondary N) is 1. The largest absolute Gasteiger partial charge is 0.368 e. The van der Waals surface area contributed by atoms with Crippen LogP contribution in [0.5, 0.6) is 0 Å². The minimum Gasteiger partial charge on any atom is -0.368 e. The Hall–Kier alpha value is -4.18. The molecule has 5 aromatic carbocycles. The zero-order valence-electron chi connectivity index (χ0n) is 18.1. The summed E-state index contributed by atoms with van der Waals surface area (Å²) < 4.78 is 0. The lowest BCUT2D eigenvalue weighted by Gasteiger charge is -2.19. The number of hydrogen-bond donors (Lipinski definition) is 2. The normalized spacial score (nSPS) is 12.1. The van der Waals surface area contributed by atoms with Gasteiger partial charge in [0.1, 0.15) is 6.04 Å². The molecule has 1 atom stereocenters. The van der Waals surface area contributed by atoms with E-state index in [9.17, 15) is 9.59 Å². The van der Waals surface area contributed by atoms with Crippen molar-refractivity contribution in [2.45, 2.75) is 18.9 Å². The summed E-state index contributed by atoms with van der Waals surface area (Å²) in [6.45, 7) is 0. The molecule has 0 fully saturated rings. The van der Waals surface area contributed by atoms with Crippen molar-refractivity contribution in [3.8, 4) is 0 Å². The van der Waals surface area contributed by atoms with E-state index in [1.54, 1.807) is 0 Å². The second kappa shape index (κ2) is 8.75. The van der Waals surface area contributed by atoms with Gasteiger partial charge in [0.25, 0.3) is 0 Å². The fourth-order valence-corrected chi connectivity index (χ4v) is 4.53. The van der Waals surface area contributed by atoms with E-state index < -0.39 is 11.9 Å². The number of rotatable bonds is 6. The van der Waals surface area contributed by atoms with E-state index in [0.29, 0.717) is 6.42 Å². The van der Waals surface area contributed by atoms with Gasteiger partial charge in [0, 0.05) is 6.42 Å². The number of carbonyl (C=O) groups is 2. The summed E-state index contributed by atoms with van der Waals surface area (Å²) in [5, 5.41) is 9.39. The molecule has 0 saturated heterocycles. The van der Waals surface area contributed by atoms with Crippen LogP contribution in [0.1, 0.15) is 11.1 Å². The Bertz CT molecular complexity index is 1450. The minimum atomic E-state index is -0.799. The first-order valence-electron chi connectivity index (χ1n) is 11.0. The highest BCUT2D eigenvalue weighted by molar-refractivity contribution is 6.03. The third-order valence-corrected chi connectivity index (χ3v) is 6.15. The van der Waals surface area contributed by atoms with Gasteiger partial charge in [-0.15, -0.1) is 0 Å². The summed E-state index contributed by atoms with van der Waals surface area (Å²) in [5.41, 5.74) is 7.64. The lowest BCUT2D eigenvalue weighted by Crippen LogP contribution is -2.46. The van der Waals surface area contributed by atoms with Gasteiger partial charge in [-0.25, -0.2) is 0 Å². The van der Waals surface area contributed by atoms with Crippen LogP contribution in [0.3, 0.4) is 0 Å². The van der Waals surface area contributed by atoms with Crippen molar-refractivity contribution in [1.82, 2.24) is 5.32 Å². The summed E-state index contributed by atoms with van der Waals surface area (Å²) in [6, 6.07) is 31.5. The number of benzene rings is 5. The molecule has 0 aliphatic heterocycles. The Morgan fingerprint density at radius 1 is 0.697 bits per heavy atom. The Balaban J connectivity index is 1.43. The highest BCUT2D eigenvalue weighted by Crippen LogP contribution is 2.29. The summed E-state index contributed by atoms with van der Waals surface area (Å²) >= 11 is 0. The monoisotopic (exact) mass is 432 g/mol. The molecule has 162 valence electrons. The molecular weight excluding hydrogens is 408 g/mol. The van der Waals surface area contributed by atoms with Gasteiger partial charge in [0.05, 0.1) is 6.42 Å². The van der Waals surface area contributed by atoms with E-state index in [-0.39, 0.29) is 12.3 Å². The van der Waals surface area contributed by atoms with Crippen molar-refractivity contribution < 1.29 is 9.59 Å². The summed E-state index contributed by atoms with van der Waals surface area (Å²) in [6.07, 6.45) is 0.519. The Morgan fingerprint density at radius 3 is 1.91 bits per heavy atom. The SMILES string of the molecule is NC(=O)[C@@H](Cc1c2ccccc2cc2ccccc12)NC(=O)Cc1ccc2ccccc2c1. The molecule has 0 aliphatic carbocycles. The summed E-state index contributed by atoms with van der Waals surface area (Å²) in [4.78, 5) is 25.2. The third kappa shape index (κ3) is 4.28. The third-order valence-electron chi connectivity index (χ3n) is 6.15. The maximum absolute atomic E-state index is 12.9. The minimum absolute atomic E-state index is 0.185. The number of amides is 2. The van der Waals surface area contributed by atoms with Crippen LogP contribution in [0.25, 0.3) is 32.3 Å². The zero-order valence-corrected chi connectivity index (χ0v) is 18.1. The molecule has 0 aromatic heterocycles. The molecule has 33 heavy (non-hydrogen) atoms. The molecular formula is C29H24N2O2. The first-order valence-corrected chi connectivity index (χ1v) is 11.0. The predicted molar refractivity (Wildman–Crippen MR) is 134 cm³/mol. The first-order chi connectivity index (χ1) is 16.1. The Kier molecular flexibility index (Phi) is 5.49. The number of fused-ring (bicyclic) bond motifs is 3. The van der Waals surface area contributed by atoms with Crippen molar-refractivity contribution in [3.63, 3.8) is 0 Å². The quantitative estimate of drug-likeness (QED) is 0.375. The van der Waals surface area contributed by atoms with Crippen LogP contribution >= 0.6 is 0 Å². The van der Waals surface area contributed by atoms with Crippen molar-refractivity contribution in [3.05, 3.63) is 108 Å². The molecule has 0 saturated carbocycles. The van der Waals surface area contributed by atoms with E-state index in [2.05, 4.69) is 23.5 Å². The van der Waals surface area contributed by atoms with Gasteiger partial charge >= 0.3 is 0 Å². The molecule has 5 rings (SSSR count). The second-order valence-electron chi connectivity index (χ2n) is 8.38. The zero-order chi connectivity index (χ0) is 22.8. The van der Waals surface area contributed by atoms with Crippen molar-refractivity contribution in [2.24, 2.45) is 5.73 Å². The number of hydrogen-bond acceptors (Lipinski definition) is 2. The molecule has 0 aliphatic rings. The second-order valence-corrected chi connectivity index (χ2v) is 8.38. The van der Waals surface area contributed by atoms with E-state index in [4.69, 9.17) is 5.73 Å². The Labute approximate surface area is 192 Å². The van der Waals surface area contributed by atoms with Gasteiger partial charge in [0.15, 0.2) is 0 Å². The van der Waals surface area contributed by atoms with Crippen LogP contribution < -0.4 is 11.1 Å². The number of primary amides is 1. The summed E-state index contributed by atoms with van der Waals surface area (Å²) in [7, 11) is 0. The molecule has 0 heterocycles. The first kappa shape index (κ1) is 20.7. The highest BCUT2D eigenvalue weighted by Gasteiger charge is 2.21. The highest BCUT2D eigenvalue weighted by atomic mass is 16.2. The van der Waals surface area contributed by atoms with E-state index in [0.717, 1.165) is 43.4 Å². The fourth-order valence-electron chi connectivity index (χ4n) is 4.53. The molecule has 0 bridgehead atoms. The maximum atomic E-state index is 12.9. The van der Waals surface area contributed by atoms with Gasteiger partial charge in [-0.05, 0) is 49.5 Å². The van der Waals surface area contributed by atoms with Crippen molar-refractivity contribution in [2.75, 3.05) is 0 Å². The Morgan fingerprint density at radius 2 is 1.27 bits per heavy atom. The topological polar surface area (TPSA) is 72.2 Å². The molecule has 0 unspecified atom stereocenters. The van der Waals surface area contributed by atoms with Gasteiger partial charge in [-0.1, -0.05) is 91.0 Å². The van der Waals surface area contributed by atoms with Crippen LogP contribution in [-0.4, -0.2) is 17.9 Å². The smallest absolute Gasteiger partial charge is 0.240 e. The fraction of sp³-hybridized carbons (Fsp3) is 0.103. The molecule has 4 heteroatoms. The van der Waals surface area contributed by atoms with Gasteiger partial charge in [-0.3, -0.25) is 9.59 Å². The molecule has 2 amide bonds. The molecule has 3 N–H and O–H groups in total. The van der Waals surface area contributed by atoms with Crippen molar-refractivity contribution in [1.29, 1.82) is 0 Å². The van der Waals surface area contributed by atoms with Crippen LogP contribution in [0.4, 0.5) is 0 Å².